The van der Waals surface area contributed by atoms with Gasteiger partial charge in [-0.15, -0.1) is 0 Å². The number of carbonyl (C=O) groups excluding carboxylic acids is 2. The highest BCUT2D eigenvalue weighted by Crippen LogP contribution is 2.47. The second kappa shape index (κ2) is 9.58. The van der Waals surface area contributed by atoms with Gasteiger partial charge in [-0.2, -0.15) is 0 Å². The molecule has 9 heteroatoms. The Morgan fingerprint density at radius 2 is 1.65 bits per heavy atom. The van der Waals surface area contributed by atoms with Gasteiger partial charge in [-0.05, 0) is 45.0 Å². The average Bonchev–Trinajstić information content (AvgIpc) is 3.20. The largest absolute Gasteiger partial charge is 0.480 e. The van der Waals surface area contributed by atoms with Crippen LogP contribution in [0.25, 0.3) is 0 Å². The number of carboxylic acids is 1. The SMILES string of the molecule is CC(C)(C)OC(=O)N1C[C@@H](NC(=O)CCN2c3ccccc3Sc3ccccc32)C[C@H]1C(=O)O. The Labute approximate surface area is 203 Å². The molecule has 2 heterocycles. The number of fused-ring (bicyclic) bond motifs is 2. The van der Waals surface area contributed by atoms with Crippen LogP contribution in [0.1, 0.15) is 33.6 Å². The molecular formula is C25H29N3O5S. The van der Waals surface area contributed by atoms with Gasteiger partial charge in [0.2, 0.25) is 5.91 Å². The first-order valence-corrected chi connectivity index (χ1v) is 12.1. The van der Waals surface area contributed by atoms with Gasteiger partial charge >= 0.3 is 12.1 Å². The van der Waals surface area contributed by atoms with E-state index < -0.39 is 29.7 Å². The van der Waals surface area contributed by atoms with Gasteiger partial charge in [-0.1, -0.05) is 36.0 Å². The second-order valence-corrected chi connectivity index (χ2v) is 10.5. The number of ether oxygens (including phenoxy) is 1. The number of hydrogen-bond donors (Lipinski definition) is 2. The van der Waals surface area contributed by atoms with Crippen molar-refractivity contribution in [1.82, 2.24) is 10.2 Å². The molecule has 2 aromatic carbocycles. The maximum atomic E-state index is 12.8. The molecule has 180 valence electrons. The summed E-state index contributed by atoms with van der Waals surface area (Å²) < 4.78 is 5.35. The minimum Gasteiger partial charge on any atom is -0.480 e. The standard InChI is InChI=1S/C25H29N3O5S/c1-25(2,3)33-24(32)28-15-16(14-19(28)23(30)31)26-22(29)12-13-27-17-8-4-6-10-20(17)34-21-11-7-5-9-18(21)27/h4-11,16,19H,12-15H2,1-3H3,(H,26,29)(H,30,31)/t16-,19-/m0/s1. The van der Waals surface area contributed by atoms with E-state index in [0.29, 0.717) is 6.54 Å². The fraction of sp³-hybridized carbons (Fsp3) is 0.400. The molecule has 0 radical (unpaired) electrons. The number of carbonyl (C=O) groups is 3. The van der Waals surface area contributed by atoms with Crippen LogP contribution >= 0.6 is 11.8 Å². The van der Waals surface area contributed by atoms with Crippen molar-refractivity contribution in [3.05, 3.63) is 48.5 Å². The molecule has 1 saturated heterocycles. The Morgan fingerprint density at radius 1 is 1.06 bits per heavy atom. The Hall–Kier alpha value is -3.20. The van der Waals surface area contributed by atoms with Gasteiger partial charge < -0.3 is 20.1 Å². The van der Waals surface area contributed by atoms with Crippen LogP contribution in [0.15, 0.2) is 58.3 Å². The first kappa shape index (κ1) is 23.9. The van der Waals surface area contributed by atoms with Crippen molar-refractivity contribution in [1.29, 1.82) is 0 Å². The Kier molecular flexibility index (Phi) is 6.74. The number of benzene rings is 2. The topological polar surface area (TPSA) is 99.2 Å². The third-order valence-corrected chi connectivity index (χ3v) is 6.80. The van der Waals surface area contributed by atoms with E-state index in [1.54, 1.807) is 32.5 Å². The molecule has 4 rings (SSSR count). The van der Waals surface area contributed by atoms with E-state index in [-0.39, 0.29) is 25.3 Å². The Balaban J connectivity index is 1.40. The molecule has 0 spiro atoms. The fourth-order valence-electron chi connectivity index (χ4n) is 4.23. The molecule has 34 heavy (non-hydrogen) atoms. The number of carboxylic acid groups (broad SMARTS) is 1. The van der Waals surface area contributed by atoms with Gasteiger partial charge in [0.15, 0.2) is 0 Å². The van der Waals surface area contributed by atoms with Crippen molar-refractivity contribution < 1.29 is 24.2 Å². The summed E-state index contributed by atoms with van der Waals surface area (Å²) in [6, 6.07) is 14.7. The van der Waals surface area contributed by atoms with E-state index in [2.05, 4.69) is 22.3 Å². The number of para-hydroxylation sites is 2. The zero-order valence-electron chi connectivity index (χ0n) is 19.5. The van der Waals surface area contributed by atoms with Crippen LogP contribution in [-0.4, -0.2) is 58.8 Å². The fourth-order valence-corrected chi connectivity index (χ4v) is 5.33. The molecule has 0 saturated carbocycles. The van der Waals surface area contributed by atoms with Crippen LogP contribution in [0.5, 0.6) is 0 Å². The smallest absolute Gasteiger partial charge is 0.411 e. The molecule has 2 aliphatic rings. The summed E-state index contributed by atoms with van der Waals surface area (Å²) in [6.07, 6.45) is -0.309. The quantitative estimate of drug-likeness (QED) is 0.656. The lowest BCUT2D eigenvalue weighted by atomic mass is 10.1. The highest BCUT2D eigenvalue weighted by molar-refractivity contribution is 7.99. The molecule has 0 bridgehead atoms. The van der Waals surface area contributed by atoms with Crippen molar-refractivity contribution in [2.75, 3.05) is 18.0 Å². The van der Waals surface area contributed by atoms with Crippen molar-refractivity contribution in [2.24, 2.45) is 0 Å². The molecule has 1 fully saturated rings. The van der Waals surface area contributed by atoms with Crippen molar-refractivity contribution in [3.63, 3.8) is 0 Å². The molecular weight excluding hydrogens is 454 g/mol. The predicted molar refractivity (Wildman–Crippen MR) is 130 cm³/mol. The maximum Gasteiger partial charge on any atom is 0.411 e. The van der Waals surface area contributed by atoms with Crippen LogP contribution < -0.4 is 10.2 Å². The van der Waals surface area contributed by atoms with Gasteiger partial charge in [-0.3, -0.25) is 9.69 Å². The second-order valence-electron chi connectivity index (χ2n) is 9.43. The minimum atomic E-state index is -1.11. The molecule has 2 aliphatic heterocycles. The molecule has 2 amide bonds. The van der Waals surface area contributed by atoms with Crippen LogP contribution in [0.4, 0.5) is 16.2 Å². The van der Waals surface area contributed by atoms with E-state index in [9.17, 15) is 19.5 Å². The van der Waals surface area contributed by atoms with Crippen LogP contribution in [0.3, 0.4) is 0 Å². The number of amides is 2. The number of likely N-dealkylation sites (tertiary alicyclic amines) is 1. The molecule has 2 N–H and O–H groups in total. The predicted octanol–water partition coefficient (Wildman–Crippen LogP) is 4.26. The third kappa shape index (κ3) is 5.30. The summed E-state index contributed by atoms with van der Waals surface area (Å²) in [5, 5.41) is 12.5. The van der Waals surface area contributed by atoms with Crippen LogP contribution in [0, 0.1) is 0 Å². The highest BCUT2D eigenvalue weighted by Gasteiger charge is 2.42. The number of nitrogens with one attached hydrogen (secondary N) is 1. The van der Waals surface area contributed by atoms with E-state index in [0.717, 1.165) is 21.2 Å². The van der Waals surface area contributed by atoms with Crippen molar-refractivity contribution in [3.8, 4) is 0 Å². The van der Waals surface area contributed by atoms with Crippen LogP contribution in [0.2, 0.25) is 0 Å². The van der Waals surface area contributed by atoms with E-state index in [1.165, 1.54) is 4.90 Å². The lowest BCUT2D eigenvalue weighted by Gasteiger charge is -2.32. The summed E-state index contributed by atoms with van der Waals surface area (Å²) in [5.74, 6) is -1.30. The zero-order chi connectivity index (χ0) is 24.5. The minimum absolute atomic E-state index is 0.101. The molecule has 0 unspecified atom stereocenters. The van der Waals surface area contributed by atoms with Crippen molar-refractivity contribution >= 4 is 41.1 Å². The maximum absolute atomic E-state index is 12.8. The van der Waals surface area contributed by atoms with E-state index in [4.69, 9.17) is 4.74 Å². The average molecular weight is 484 g/mol. The van der Waals surface area contributed by atoms with Gasteiger partial charge in [0.05, 0.1) is 11.4 Å². The monoisotopic (exact) mass is 483 g/mol. The molecule has 2 aromatic rings. The van der Waals surface area contributed by atoms with E-state index >= 15 is 0 Å². The van der Waals surface area contributed by atoms with Crippen molar-refractivity contribution in [2.45, 2.75) is 61.1 Å². The summed E-state index contributed by atoms with van der Waals surface area (Å²) in [5.41, 5.74) is 1.38. The van der Waals surface area contributed by atoms with Gasteiger partial charge in [0.25, 0.3) is 0 Å². The van der Waals surface area contributed by atoms with Crippen LogP contribution in [-0.2, 0) is 14.3 Å². The molecule has 0 aromatic heterocycles. The van der Waals surface area contributed by atoms with Gasteiger partial charge in [0, 0.05) is 41.8 Å². The van der Waals surface area contributed by atoms with E-state index in [1.807, 2.05) is 36.4 Å². The molecule has 8 nitrogen and oxygen atoms in total. The molecule has 0 aliphatic carbocycles. The Morgan fingerprint density at radius 3 is 2.21 bits per heavy atom. The summed E-state index contributed by atoms with van der Waals surface area (Å²) in [7, 11) is 0. The lowest BCUT2D eigenvalue weighted by Crippen LogP contribution is -2.44. The first-order chi connectivity index (χ1) is 16.1. The number of anilines is 2. The highest BCUT2D eigenvalue weighted by atomic mass is 32.2. The summed E-state index contributed by atoms with van der Waals surface area (Å²) >= 11 is 1.71. The summed E-state index contributed by atoms with van der Waals surface area (Å²) in [4.78, 5) is 42.6. The number of hydrogen-bond acceptors (Lipinski definition) is 6. The number of aliphatic carboxylic acids is 1. The Bertz CT molecular complexity index is 1050. The number of rotatable bonds is 5. The molecule has 2 atom stereocenters. The normalized spacial score (nSPS) is 19.3. The third-order valence-electron chi connectivity index (χ3n) is 5.67. The first-order valence-electron chi connectivity index (χ1n) is 11.3. The number of nitrogens with zero attached hydrogens (tertiary/aromatic N) is 2. The summed E-state index contributed by atoms with van der Waals surface area (Å²) in [6.45, 7) is 5.76. The van der Waals surface area contributed by atoms with Gasteiger partial charge in [0.1, 0.15) is 11.6 Å². The zero-order valence-corrected chi connectivity index (χ0v) is 20.3. The lowest BCUT2D eigenvalue weighted by molar-refractivity contribution is -0.142. The van der Waals surface area contributed by atoms with Gasteiger partial charge in [-0.25, -0.2) is 9.59 Å².